The third kappa shape index (κ3) is 4.87. The van der Waals surface area contributed by atoms with Crippen molar-refractivity contribution in [3.05, 3.63) is 41.5 Å². The monoisotopic (exact) mass is 261 g/mol. The van der Waals surface area contributed by atoms with E-state index in [1.807, 2.05) is 18.2 Å². The highest BCUT2D eigenvalue weighted by molar-refractivity contribution is 5.85. The van der Waals surface area contributed by atoms with Crippen LogP contribution in [-0.2, 0) is 11.3 Å². The first-order valence-corrected chi connectivity index (χ1v) is 6.81. The van der Waals surface area contributed by atoms with Gasteiger partial charge in [-0.2, -0.15) is 0 Å². The normalized spacial score (nSPS) is 13.1. The summed E-state index contributed by atoms with van der Waals surface area (Å²) in [5.41, 5.74) is 2.15. The smallest absolute Gasteiger partial charge is 0.328 e. The highest BCUT2D eigenvalue weighted by atomic mass is 16.4. The van der Waals surface area contributed by atoms with E-state index < -0.39 is 5.97 Å². The molecule has 0 amide bonds. The van der Waals surface area contributed by atoms with Crippen molar-refractivity contribution in [2.75, 3.05) is 6.54 Å². The van der Waals surface area contributed by atoms with Gasteiger partial charge in [0.25, 0.3) is 0 Å². The zero-order valence-electron chi connectivity index (χ0n) is 12.0. The number of hydrogen-bond donors (Lipinski definition) is 1. The van der Waals surface area contributed by atoms with Gasteiger partial charge in [0.2, 0.25) is 0 Å². The average molecular weight is 261 g/mol. The predicted octanol–water partition coefficient (Wildman–Crippen LogP) is 3.40. The molecule has 0 bridgehead atoms. The Hall–Kier alpha value is -1.61. The van der Waals surface area contributed by atoms with Crippen LogP contribution in [0.2, 0.25) is 0 Å². The van der Waals surface area contributed by atoms with E-state index >= 15 is 0 Å². The fourth-order valence-electron chi connectivity index (χ4n) is 2.06. The number of carboxylic acid groups (broad SMARTS) is 1. The van der Waals surface area contributed by atoms with Crippen molar-refractivity contribution in [3.63, 3.8) is 0 Å². The molecular formula is C16H23NO2. The molecule has 3 heteroatoms. The van der Waals surface area contributed by atoms with Crippen molar-refractivity contribution in [1.29, 1.82) is 0 Å². The second-order valence-corrected chi connectivity index (χ2v) is 4.69. The minimum absolute atomic E-state index is 0.529. The number of carboxylic acids is 1. The standard InChI is InChI=1S/C16H23NO2/c1-4-13(3)17(5-2)12-15-9-7-6-8-14(15)10-11-16(18)19/h6-11,13H,4-5,12H2,1-3H3,(H,18,19)/b11-10+. The van der Waals surface area contributed by atoms with Gasteiger partial charge in [-0.25, -0.2) is 4.79 Å². The van der Waals surface area contributed by atoms with Crippen LogP contribution in [-0.4, -0.2) is 28.6 Å². The second kappa shape index (κ2) is 7.74. The van der Waals surface area contributed by atoms with Crippen LogP contribution in [0, 0.1) is 0 Å². The molecule has 3 nitrogen and oxygen atoms in total. The Morgan fingerprint density at radius 3 is 2.63 bits per heavy atom. The lowest BCUT2D eigenvalue weighted by Gasteiger charge is -2.27. The van der Waals surface area contributed by atoms with E-state index in [1.54, 1.807) is 6.08 Å². The zero-order chi connectivity index (χ0) is 14.3. The highest BCUT2D eigenvalue weighted by Crippen LogP contribution is 2.16. The predicted molar refractivity (Wildman–Crippen MR) is 78.9 cm³/mol. The van der Waals surface area contributed by atoms with Crippen molar-refractivity contribution in [2.24, 2.45) is 0 Å². The molecule has 1 aromatic carbocycles. The molecule has 0 radical (unpaired) electrons. The third-order valence-corrected chi connectivity index (χ3v) is 3.45. The molecule has 1 N–H and O–H groups in total. The van der Waals surface area contributed by atoms with Crippen LogP contribution in [0.5, 0.6) is 0 Å². The van der Waals surface area contributed by atoms with E-state index in [4.69, 9.17) is 5.11 Å². The molecule has 1 unspecified atom stereocenters. The van der Waals surface area contributed by atoms with E-state index in [0.29, 0.717) is 6.04 Å². The molecule has 0 saturated carbocycles. The Balaban J connectivity index is 2.90. The molecule has 1 rings (SSSR count). The topological polar surface area (TPSA) is 40.5 Å². The molecule has 1 aromatic rings. The average Bonchev–Trinajstić information content (AvgIpc) is 2.42. The Kier molecular flexibility index (Phi) is 6.30. The Labute approximate surface area is 115 Å². The third-order valence-electron chi connectivity index (χ3n) is 3.45. The number of hydrogen-bond acceptors (Lipinski definition) is 2. The largest absolute Gasteiger partial charge is 0.478 e. The summed E-state index contributed by atoms with van der Waals surface area (Å²) in [4.78, 5) is 13.0. The minimum atomic E-state index is -0.913. The van der Waals surface area contributed by atoms with Crippen LogP contribution in [0.25, 0.3) is 6.08 Å². The van der Waals surface area contributed by atoms with Gasteiger partial charge in [-0.1, -0.05) is 38.1 Å². The molecular weight excluding hydrogens is 238 g/mol. The molecule has 0 saturated heterocycles. The van der Waals surface area contributed by atoms with Crippen LogP contribution in [0.15, 0.2) is 30.3 Å². The number of carbonyl (C=O) groups is 1. The summed E-state index contributed by atoms with van der Waals surface area (Å²) in [5, 5.41) is 8.72. The Morgan fingerprint density at radius 1 is 1.37 bits per heavy atom. The summed E-state index contributed by atoms with van der Waals surface area (Å²) in [6.07, 6.45) is 3.97. The number of nitrogens with zero attached hydrogens (tertiary/aromatic N) is 1. The van der Waals surface area contributed by atoms with Crippen molar-refractivity contribution < 1.29 is 9.90 Å². The molecule has 0 aliphatic carbocycles. The summed E-state index contributed by atoms with van der Waals surface area (Å²) < 4.78 is 0. The number of benzene rings is 1. The van der Waals surface area contributed by atoms with Crippen LogP contribution in [0.1, 0.15) is 38.3 Å². The van der Waals surface area contributed by atoms with E-state index in [9.17, 15) is 4.79 Å². The summed E-state index contributed by atoms with van der Waals surface area (Å²) >= 11 is 0. The molecule has 19 heavy (non-hydrogen) atoms. The first kappa shape index (κ1) is 15.4. The maximum absolute atomic E-state index is 10.6. The Bertz CT molecular complexity index is 440. The van der Waals surface area contributed by atoms with Gasteiger partial charge >= 0.3 is 5.97 Å². The Morgan fingerprint density at radius 2 is 2.05 bits per heavy atom. The molecule has 0 aliphatic heterocycles. The van der Waals surface area contributed by atoms with Crippen LogP contribution in [0.3, 0.4) is 0 Å². The van der Waals surface area contributed by atoms with Gasteiger partial charge in [0.1, 0.15) is 0 Å². The first-order chi connectivity index (χ1) is 9.08. The van der Waals surface area contributed by atoms with Crippen molar-refractivity contribution in [1.82, 2.24) is 4.90 Å². The maximum atomic E-state index is 10.6. The molecule has 0 fully saturated rings. The second-order valence-electron chi connectivity index (χ2n) is 4.69. The lowest BCUT2D eigenvalue weighted by Crippen LogP contribution is -2.32. The van der Waals surface area contributed by atoms with Crippen LogP contribution < -0.4 is 0 Å². The van der Waals surface area contributed by atoms with E-state index in [0.717, 1.165) is 25.1 Å². The number of aliphatic carboxylic acids is 1. The van der Waals surface area contributed by atoms with E-state index in [1.165, 1.54) is 11.6 Å². The van der Waals surface area contributed by atoms with E-state index in [-0.39, 0.29) is 0 Å². The molecule has 1 atom stereocenters. The van der Waals surface area contributed by atoms with Gasteiger partial charge in [-0.3, -0.25) is 4.90 Å². The summed E-state index contributed by atoms with van der Waals surface area (Å²) in [6.45, 7) is 8.41. The molecule has 0 heterocycles. The van der Waals surface area contributed by atoms with Gasteiger partial charge in [0.15, 0.2) is 0 Å². The van der Waals surface area contributed by atoms with Gasteiger partial charge in [0, 0.05) is 18.7 Å². The fraction of sp³-hybridized carbons (Fsp3) is 0.438. The number of rotatable bonds is 7. The van der Waals surface area contributed by atoms with Crippen molar-refractivity contribution in [2.45, 2.75) is 39.8 Å². The minimum Gasteiger partial charge on any atom is -0.478 e. The van der Waals surface area contributed by atoms with Gasteiger partial charge < -0.3 is 5.11 Å². The molecule has 0 aromatic heterocycles. The summed E-state index contributed by atoms with van der Waals surface area (Å²) in [7, 11) is 0. The quantitative estimate of drug-likeness (QED) is 0.765. The molecule has 0 aliphatic rings. The van der Waals surface area contributed by atoms with Crippen LogP contribution >= 0.6 is 0 Å². The zero-order valence-corrected chi connectivity index (χ0v) is 12.0. The molecule has 0 spiro atoms. The lowest BCUT2D eigenvalue weighted by molar-refractivity contribution is -0.131. The first-order valence-electron chi connectivity index (χ1n) is 6.81. The van der Waals surface area contributed by atoms with Crippen molar-refractivity contribution in [3.8, 4) is 0 Å². The van der Waals surface area contributed by atoms with Gasteiger partial charge in [0.05, 0.1) is 0 Å². The van der Waals surface area contributed by atoms with Gasteiger partial charge in [-0.15, -0.1) is 0 Å². The maximum Gasteiger partial charge on any atom is 0.328 e. The molecule has 104 valence electrons. The fourth-order valence-corrected chi connectivity index (χ4v) is 2.06. The summed E-state index contributed by atoms with van der Waals surface area (Å²) in [5.74, 6) is -0.913. The van der Waals surface area contributed by atoms with Crippen molar-refractivity contribution >= 4 is 12.0 Å². The van der Waals surface area contributed by atoms with Crippen LogP contribution in [0.4, 0.5) is 0 Å². The SMILES string of the molecule is CCC(C)N(CC)Cc1ccccc1/C=C/C(=O)O. The highest BCUT2D eigenvalue weighted by Gasteiger charge is 2.11. The lowest BCUT2D eigenvalue weighted by atomic mass is 10.1. The summed E-state index contributed by atoms with van der Waals surface area (Å²) in [6, 6.07) is 8.48. The van der Waals surface area contributed by atoms with Gasteiger partial charge in [-0.05, 0) is 37.1 Å². The van der Waals surface area contributed by atoms with E-state index in [2.05, 4.69) is 31.7 Å².